The van der Waals surface area contributed by atoms with E-state index in [0.29, 0.717) is 11.4 Å². The second kappa shape index (κ2) is 8.88. The van der Waals surface area contributed by atoms with Crippen molar-refractivity contribution in [3.63, 3.8) is 0 Å². The molecule has 2 aromatic rings. The van der Waals surface area contributed by atoms with Crippen LogP contribution in [-0.4, -0.2) is 35.1 Å². The minimum atomic E-state index is -3.88. The van der Waals surface area contributed by atoms with Crippen LogP contribution in [0.5, 0.6) is 11.5 Å². The van der Waals surface area contributed by atoms with Crippen LogP contribution in [0.2, 0.25) is 0 Å². The van der Waals surface area contributed by atoms with Crippen LogP contribution in [0.4, 0.5) is 5.69 Å². The maximum atomic E-state index is 12.4. The van der Waals surface area contributed by atoms with Gasteiger partial charge in [-0.3, -0.25) is 4.79 Å². The van der Waals surface area contributed by atoms with Crippen LogP contribution >= 0.6 is 0 Å². The van der Waals surface area contributed by atoms with Crippen LogP contribution in [-0.2, 0) is 14.8 Å². The molecule has 0 saturated carbocycles. The van der Waals surface area contributed by atoms with E-state index in [4.69, 9.17) is 9.47 Å². The molecule has 0 radical (unpaired) electrons. The smallest absolute Gasteiger partial charge is 0.241 e. The van der Waals surface area contributed by atoms with Crippen molar-refractivity contribution in [2.24, 2.45) is 0 Å². The molecule has 0 aliphatic carbocycles. The van der Waals surface area contributed by atoms with Gasteiger partial charge in [0, 0.05) is 11.8 Å². The van der Waals surface area contributed by atoms with Crippen molar-refractivity contribution >= 4 is 21.6 Å². The number of benzene rings is 2. The molecule has 0 aromatic heterocycles. The van der Waals surface area contributed by atoms with Crippen molar-refractivity contribution in [1.82, 2.24) is 4.72 Å². The van der Waals surface area contributed by atoms with Gasteiger partial charge < -0.3 is 14.8 Å². The summed E-state index contributed by atoms with van der Waals surface area (Å²) in [6, 6.07) is 11.6. The molecule has 7 nitrogen and oxygen atoms in total. The molecule has 0 aliphatic rings. The van der Waals surface area contributed by atoms with E-state index in [0.717, 1.165) is 5.56 Å². The Hall–Kier alpha value is -2.58. The third kappa shape index (κ3) is 5.21. The molecule has 0 spiro atoms. The predicted molar refractivity (Wildman–Crippen MR) is 104 cm³/mol. The highest BCUT2D eigenvalue weighted by Gasteiger charge is 2.18. The molecule has 0 saturated heterocycles. The Bertz CT molecular complexity index is 910. The number of sulfonamides is 1. The minimum absolute atomic E-state index is 0.0180. The summed E-state index contributed by atoms with van der Waals surface area (Å²) in [7, 11) is -0.998. The predicted octanol–water partition coefficient (Wildman–Crippen LogP) is 2.74. The fourth-order valence-electron chi connectivity index (χ4n) is 2.54. The van der Waals surface area contributed by atoms with Crippen LogP contribution < -0.4 is 19.5 Å². The largest absolute Gasteiger partial charge is 0.493 e. The zero-order valence-corrected chi connectivity index (χ0v) is 16.6. The summed E-state index contributed by atoms with van der Waals surface area (Å²) in [5.74, 6) is 0.479. The summed E-state index contributed by atoms with van der Waals surface area (Å²) in [4.78, 5) is 12.2. The topological polar surface area (TPSA) is 93.7 Å². The van der Waals surface area contributed by atoms with Gasteiger partial charge in [0.1, 0.15) is 0 Å². The van der Waals surface area contributed by atoms with Crippen molar-refractivity contribution in [1.29, 1.82) is 0 Å². The van der Waals surface area contributed by atoms with E-state index < -0.39 is 15.9 Å². The molecule has 146 valence electrons. The molecule has 0 aliphatic heterocycles. The lowest BCUT2D eigenvalue weighted by Crippen LogP contribution is -2.33. The van der Waals surface area contributed by atoms with Gasteiger partial charge in [0.15, 0.2) is 11.5 Å². The normalized spacial score (nSPS) is 11.3. The Morgan fingerprint density at radius 2 is 1.70 bits per heavy atom. The Kier molecular flexibility index (Phi) is 6.81. The Balaban J connectivity index is 2.08. The van der Waals surface area contributed by atoms with Crippen molar-refractivity contribution in [2.45, 2.75) is 24.7 Å². The lowest BCUT2D eigenvalue weighted by molar-refractivity contribution is -0.115. The first-order valence-electron chi connectivity index (χ1n) is 8.39. The molecule has 0 bridgehead atoms. The Morgan fingerprint density at radius 1 is 1.04 bits per heavy atom. The first-order valence-corrected chi connectivity index (χ1v) is 9.87. The summed E-state index contributed by atoms with van der Waals surface area (Å²) in [6.45, 7) is 3.65. The van der Waals surface area contributed by atoms with Crippen LogP contribution in [0.1, 0.15) is 25.3 Å². The first-order chi connectivity index (χ1) is 12.8. The maximum absolute atomic E-state index is 12.4. The molecule has 1 amide bonds. The van der Waals surface area contributed by atoms with Gasteiger partial charge in [-0.2, -0.15) is 0 Å². The second-order valence-corrected chi connectivity index (χ2v) is 7.90. The summed E-state index contributed by atoms with van der Waals surface area (Å²) in [5, 5.41) is 2.75. The van der Waals surface area contributed by atoms with Gasteiger partial charge in [-0.25, -0.2) is 13.1 Å². The zero-order valence-electron chi connectivity index (χ0n) is 15.8. The van der Waals surface area contributed by atoms with Gasteiger partial charge in [0.25, 0.3) is 0 Å². The van der Waals surface area contributed by atoms with Crippen molar-refractivity contribution in [3.8, 4) is 11.5 Å². The van der Waals surface area contributed by atoms with E-state index in [1.54, 1.807) is 6.07 Å². The molecule has 0 unspecified atom stereocenters. The zero-order chi connectivity index (χ0) is 20.0. The minimum Gasteiger partial charge on any atom is -0.493 e. The monoisotopic (exact) mass is 392 g/mol. The number of hydrogen-bond donors (Lipinski definition) is 2. The van der Waals surface area contributed by atoms with Crippen LogP contribution in [0.15, 0.2) is 47.4 Å². The van der Waals surface area contributed by atoms with Crippen LogP contribution in [0.25, 0.3) is 0 Å². The Morgan fingerprint density at radius 3 is 2.33 bits per heavy atom. The summed E-state index contributed by atoms with van der Waals surface area (Å²) in [5.41, 5.74) is 1.65. The standard InChI is InChI=1S/C19H24N2O5S/c1-13(2)15-7-5-6-8-16(15)21-19(22)12-20-27(23,24)14-9-10-17(25-3)18(11-14)26-4/h5-11,13,20H,12H2,1-4H3,(H,21,22). The van der Waals surface area contributed by atoms with Gasteiger partial charge >= 0.3 is 0 Å². The molecule has 0 fully saturated rings. The van der Waals surface area contributed by atoms with Gasteiger partial charge in [-0.1, -0.05) is 32.0 Å². The molecule has 2 N–H and O–H groups in total. The quantitative estimate of drug-likeness (QED) is 0.720. The van der Waals surface area contributed by atoms with Crippen molar-refractivity contribution in [3.05, 3.63) is 48.0 Å². The fourth-order valence-corrected chi connectivity index (χ4v) is 3.53. The molecule has 0 heterocycles. The van der Waals surface area contributed by atoms with E-state index >= 15 is 0 Å². The number of methoxy groups -OCH3 is 2. The average molecular weight is 392 g/mol. The van der Waals surface area contributed by atoms with E-state index in [2.05, 4.69) is 10.0 Å². The third-order valence-corrected chi connectivity index (χ3v) is 5.34. The lowest BCUT2D eigenvalue weighted by atomic mass is 10.0. The van der Waals surface area contributed by atoms with E-state index in [-0.39, 0.29) is 23.1 Å². The van der Waals surface area contributed by atoms with Gasteiger partial charge in [0.05, 0.1) is 25.7 Å². The number of carbonyl (C=O) groups is 1. The average Bonchev–Trinajstić information content (AvgIpc) is 2.66. The summed E-state index contributed by atoms with van der Waals surface area (Å²) >= 11 is 0. The second-order valence-electron chi connectivity index (χ2n) is 6.13. The lowest BCUT2D eigenvalue weighted by Gasteiger charge is -2.14. The molecular formula is C19H24N2O5S. The number of ether oxygens (including phenoxy) is 2. The molecule has 27 heavy (non-hydrogen) atoms. The highest BCUT2D eigenvalue weighted by atomic mass is 32.2. The molecule has 2 aromatic carbocycles. The van der Waals surface area contributed by atoms with Crippen molar-refractivity contribution < 1.29 is 22.7 Å². The van der Waals surface area contributed by atoms with E-state index in [1.165, 1.54) is 32.4 Å². The summed E-state index contributed by atoms with van der Waals surface area (Å²) in [6.07, 6.45) is 0. The number of anilines is 1. The van der Waals surface area contributed by atoms with Gasteiger partial charge in [-0.15, -0.1) is 0 Å². The number of carbonyl (C=O) groups excluding carboxylic acids is 1. The van der Waals surface area contributed by atoms with E-state index in [9.17, 15) is 13.2 Å². The Labute approximate surface area is 159 Å². The number of hydrogen-bond acceptors (Lipinski definition) is 5. The number of nitrogens with one attached hydrogen (secondary N) is 2. The third-order valence-electron chi connectivity index (χ3n) is 3.94. The maximum Gasteiger partial charge on any atom is 0.241 e. The molecule has 8 heteroatoms. The molecule has 0 atom stereocenters. The molecular weight excluding hydrogens is 368 g/mol. The van der Waals surface area contributed by atoms with Crippen LogP contribution in [0, 0.1) is 0 Å². The molecule has 2 rings (SSSR count). The highest BCUT2D eigenvalue weighted by Crippen LogP contribution is 2.29. The van der Waals surface area contributed by atoms with Crippen LogP contribution in [0.3, 0.4) is 0 Å². The van der Waals surface area contributed by atoms with Gasteiger partial charge in [-0.05, 0) is 29.7 Å². The van der Waals surface area contributed by atoms with Gasteiger partial charge in [0.2, 0.25) is 15.9 Å². The SMILES string of the molecule is COc1ccc(S(=O)(=O)NCC(=O)Nc2ccccc2C(C)C)cc1OC. The van der Waals surface area contributed by atoms with Crippen molar-refractivity contribution in [2.75, 3.05) is 26.1 Å². The number of amides is 1. The number of rotatable bonds is 8. The fraction of sp³-hybridized carbons (Fsp3) is 0.316. The summed E-state index contributed by atoms with van der Waals surface area (Å²) < 4.78 is 37.4. The highest BCUT2D eigenvalue weighted by molar-refractivity contribution is 7.89. The van der Waals surface area contributed by atoms with E-state index in [1.807, 2.05) is 32.0 Å². The number of para-hydroxylation sites is 1. The first kappa shape index (κ1) is 20.7.